The molecule has 168 valence electrons. The number of ether oxygens (including phenoxy) is 2. The van der Waals surface area contributed by atoms with Gasteiger partial charge in [-0.15, -0.1) is 0 Å². The Hall–Kier alpha value is -2.13. The van der Waals surface area contributed by atoms with Crippen molar-refractivity contribution in [3.63, 3.8) is 0 Å². The van der Waals surface area contributed by atoms with E-state index in [1.807, 2.05) is 32.0 Å². The van der Waals surface area contributed by atoms with E-state index in [0.29, 0.717) is 26.3 Å². The van der Waals surface area contributed by atoms with Gasteiger partial charge in [-0.3, -0.25) is 4.79 Å². The van der Waals surface area contributed by atoms with E-state index in [2.05, 4.69) is 5.32 Å². The highest BCUT2D eigenvalue weighted by atomic mass is 35.5. The molecule has 0 spiro atoms. The molecular weight excluding hydrogens is 440 g/mol. The molecule has 9 heteroatoms. The predicted octanol–water partition coefficient (Wildman–Crippen LogP) is 3.50. The summed E-state index contributed by atoms with van der Waals surface area (Å²) in [6, 6.07) is 10.2. The zero-order chi connectivity index (χ0) is 22.4. The first-order valence-electron chi connectivity index (χ1n) is 10.3. The van der Waals surface area contributed by atoms with E-state index >= 15 is 0 Å². The van der Waals surface area contributed by atoms with Gasteiger partial charge in [-0.05, 0) is 42.2 Å². The normalized spacial score (nSPS) is 14.9. The zero-order valence-electron chi connectivity index (χ0n) is 17.7. The average molecular weight is 467 g/mol. The Balaban J connectivity index is 1.67. The second-order valence-electron chi connectivity index (χ2n) is 7.10. The van der Waals surface area contributed by atoms with Crippen LogP contribution in [0.25, 0.3) is 0 Å². The third kappa shape index (κ3) is 5.57. The van der Waals surface area contributed by atoms with Crippen molar-refractivity contribution in [1.29, 1.82) is 0 Å². The first kappa shape index (κ1) is 23.5. The number of sulfonamides is 1. The molecule has 0 aliphatic carbocycles. The lowest BCUT2D eigenvalue weighted by molar-refractivity contribution is -0.118. The number of aryl methyl sites for hydroxylation is 2. The molecule has 1 aliphatic rings. The molecule has 1 aliphatic heterocycles. The number of nitrogens with zero attached hydrogens (tertiary/aromatic N) is 1. The molecule has 3 rings (SSSR count). The van der Waals surface area contributed by atoms with E-state index in [9.17, 15) is 13.2 Å². The van der Waals surface area contributed by atoms with Crippen molar-refractivity contribution in [2.75, 3.05) is 38.2 Å². The molecular formula is C22H27ClN2O5S. The van der Waals surface area contributed by atoms with Crippen molar-refractivity contribution in [3.8, 4) is 5.75 Å². The summed E-state index contributed by atoms with van der Waals surface area (Å²) < 4.78 is 37.6. The van der Waals surface area contributed by atoms with Crippen molar-refractivity contribution in [2.24, 2.45) is 0 Å². The van der Waals surface area contributed by atoms with Gasteiger partial charge in [0.05, 0.1) is 23.1 Å². The maximum Gasteiger partial charge on any atom is 0.262 e. The number of para-hydroxylation sites is 1. The molecule has 0 radical (unpaired) electrons. The van der Waals surface area contributed by atoms with Crippen LogP contribution in [0.5, 0.6) is 5.75 Å². The molecule has 0 saturated carbocycles. The molecule has 1 N–H and O–H groups in total. The number of carbonyl (C=O) groups excluding carboxylic acids is 1. The number of nitrogens with one attached hydrogen (secondary N) is 1. The molecule has 0 aromatic heterocycles. The van der Waals surface area contributed by atoms with Crippen LogP contribution >= 0.6 is 11.6 Å². The van der Waals surface area contributed by atoms with Crippen molar-refractivity contribution >= 4 is 33.2 Å². The molecule has 1 saturated heterocycles. The van der Waals surface area contributed by atoms with Crippen molar-refractivity contribution in [1.82, 2.24) is 4.31 Å². The molecule has 1 amide bonds. The monoisotopic (exact) mass is 466 g/mol. The van der Waals surface area contributed by atoms with E-state index in [-0.39, 0.29) is 28.2 Å². The summed E-state index contributed by atoms with van der Waals surface area (Å²) in [6.07, 6.45) is 1.60. The number of halogens is 1. The summed E-state index contributed by atoms with van der Waals surface area (Å²) >= 11 is 6.25. The van der Waals surface area contributed by atoms with E-state index in [0.717, 1.165) is 29.7 Å². The van der Waals surface area contributed by atoms with Gasteiger partial charge < -0.3 is 14.8 Å². The predicted molar refractivity (Wildman–Crippen MR) is 120 cm³/mol. The highest BCUT2D eigenvalue weighted by molar-refractivity contribution is 7.89. The van der Waals surface area contributed by atoms with E-state index in [1.54, 1.807) is 0 Å². The van der Waals surface area contributed by atoms with Crippen molar-refractivity contribution in [2.45, 2.75) is 31.6 Å². The summed E-state index contributed by atoms with van der Waals surface area (Å²) in [6.45, 7) is 5.17. The van der Waals surface area contributed by atoms with Crippen LogP contribution in [0.1, 0.15) is 25.0 Å². The van der Waals surface area contributed by atoms with Crippen LogP contribution in [0.4, 0.5) is 5.69 Å². The zero-order valence-corrected chi connectivity index (χ0v) is 19.3. The Bertz CT molecular complexity index is 1010. The highest BCUT2D eigenvalue weighted by Gasteiger charge is 2.27. The molecule has 2 aromatic rings. The summed E-state index contributed by atoms with van der Waals surface area (Å²) in [4.78, 5) is 12.6. The standard InChI is InChI=1S/C22H27ClN2O5S/c1-3-16-6-5-7-17(4-2)22(16)24-21(26)15-30-20-9-8-18(14-19(20)23)31(27,28)25-10-12-29-13-11-25/h5-9,14H,3-4,10-13,15H2,1-2H3,(H,24,26). The molecule has 0 unspecified atom stereocenters. The van der Waals surface area contributed by atoms with Gasteiger partial charge >= 0.3 is 0 Å². The summed E-state index contributed by atoms with van der Waals surface area (Å²) in [7, 11) is -3.65. The second-order valence-corrected chi connectivity index (χ2v) is 9.45. The van der Waals surface area contributed by atoms with Crippen LogP contribution in [0, 0.1) is 0 Å². The Morgan fingerprint density at radius 1 is 1.13 bits per heavy atom. The van der Waals surface area contributed by atoms with E-state index in [1.165, 1.54) is 22.5 Å². The van der Waals surface area contributed by atoms with E-state index < -0.39 is 10.0 Å². The Morgan fingerprint density at radius 2 is 1.77 bits per heavy atom. The summed E-state index contributed by atoms with van der Waals surface area (Å²) in [5.41, 5.74) is 2.94. The fourth-order valence-corrected chi connectivity index (χ4v) is 5.15. The smallest absolute Gasteiger partial charge is 0.262 e. The van der Waals surface area contributed by atoms with Gasteiger partial charge in [0.2, 0.25) is 10.0 Å². The number of amides is 1. The lowest BCUT2D eigenvalue weighted by atomic mass is 10.0. The Labute approximate surface area is 188 Å². The first-order chi connectivity index (χ1) is 14.9. The Kier molecular flexibility index (Phi) is 7.94. The number of hydrogen-bond acceptors (Lipinski definition) is 5. The maximum absolute atomic E-state index is 12.7. The number of rotatable bonds is 8. The maximum atomic E-state index is 12.7. The number of hydrogen-bond donors (Lipinski definition) is 1. The molecule has 1 heterocycles. The lowest BCUT2D eigenvalue weighted by Gasteiger charge is -2.26. The molecule has 0 bridgehead atoms. The number of benzene rings is 2. The SMILES string of the molecule is CCc1cccc(CC)c1NC(=O)COc1ccc(S(=O)(=O)N2CCOCC2)cc1Cl. The number of morpholine rings is 1. The van der Waals surface area contributed by atoms with Gasteiger partial charge in [0, 0.05) is 18.8 Å². The second kappa shape index (κ2) is 10.5. The van der Waals surface area contributed by atoms with Crippen molar-refractivity contribution in [3.05, 3.63) is 52.5 Å². The quantitative estimate of drug-likeness (QED) is 0.643. The highest BCUT2D eigenvalue weighted by Crippen LogP contribution is 2.29. The van der Waals surface area contributed by atoms with Crippen LogP contribution in [0.15, 0.2) is 41.3 Å². The van der Waals surface area contributed by atoms with Crippen LogP contribution in [0.2, 0.25) is 5.02 Å². The summed E-state index contributed by atoms with van der Waals surface area (Å²) in [5, 5.41) is 3.06. The third-order valence-corrected chi connectivity index (χ3v) is 7.32. The van der Waals surface area contributed by atoms with Crippen LogP contribution in [-0.4, -0.2) is 51.5 Å². The van der Waals surface area contributed by atoms with Gasteiger partial charge in [-0.25, -0.2) is 8.42 Å². The van der Waals surface area contributed by atoms with Crippen LogP contribution in [-0.2, 0) is 32.4 Å². The first-order valence-corrected chi connectivity index (χ1v) is 12.1. The van der Waals surface area contributed by atoms with Gasteiger partial charge in [0.1, 0.15) is 5.75 Å². The molecule has 31 heavy (non-hydrogen) atoms. The topological polar surface area (TPSA) is 84.9 Å². The fourth-order valence-electron chi connectivity index (χ4n) is 3.42. The largest absolute Gasteiger partial charge is 0.482 e. The minimum atomic E-state index is -3.65. The molecule has 1 fully saturated rings. The van der Waals surface area contributed by atoms with E-state index in [4.69, 9.17) is 21.1 Å². The van der Waals surface area contributed by atoms with Gasteiger partial charge in [-0.2, -0.15) is 4.31 Å². The fraction of sp³-hybridized carbons (Fsp3) is 0.409. The lowest BCUT2D eigenvalue weighted by Crippen LogP contribution is -2.40. The molecule has 2 aromatic carbocycles. The summed E-state index contributed by atoms with van der Waals surface area (Å²) in [5.74, 6) is -0.0612. The average Bonchev–Trinajstić information content (AvgIpc) is 2.78. The van der Waals surface area contributed by atoms with Crippen molar-refractivity contribution < 1.29 is 22.7 Å². The number of carbonyl (C=O) groups is 1. The van der Waals surface area contributed by atoms with Gasteiger partial charge in [0.25, 0.3) is 5.91 Å². The van der Waals surface area contributed by atoms with Crippen LogP contribution in [0.3, 0.4) is 0 Å². The number of anilines is 1. The minimum absolute atomic E-state index is 0.0839. The van der Waals surface area contributed by atoms with Gasteiger partial charge in [0.15, 0.2) is 6.61 Å². The molecule has 0 atom stereocenters. The van der Waals surface area contributed by atoms with Crippen LogP contribution < -0.4 is 10.1 Å². The minimum Gasteiger partial charge on any atom is -0.482 e. The molecule has 7 nitrogen and oxygen atoms in total. The third-order valence-electron chi connectivity index (χ3n) is 5.13. The Morgan fingerprint density at radius 3 is 2.35 bits per heavy atom. The van der Waals surface area contributed by atoms with Gasteiger partial charge in [-0.1, -0.05) is 43.6 Å².